The summed E-state index contributed by atoms with van der Waals surface area (Å²) in [4.78, 5) is 0. The van der Waals surface area contributed by atoms with Gasteiger partial charge in [0.05, 0.1) is 0 Å². The fraction of sp³-hybridized carbons (Fsp3) is 0.778. The lowest BCUT2D eigenvalue weighted by Gasteiger charge is -2.36. The van der Waals surface area contributed by atoms with Crippen LogP contribution in [0.15, 0.2) is 12.2 Å². The zero-order chi connectivity index (χ0) is 8.77. The number of rotatable bonds is 2. The molecule has 4 atom stereocenters. The van der Waals surface area contributed by atoms with E-state index < -0.39 is 0 Å². The summed E-state index contributed by atoms with van der Waals surface area (Å²) < 4.78 is 5.60. The molecule has 0 aromatic carbocycles. The van der Waals surface area contributed by atoms with Gasteiger partial charge in [0.1, 0.15) is 10.5 Å². The molecule has 0 aromatic rings. The van der Waals surface area contributed by atoms with Crippen molar-refractivity contribution in [1.29, 1.82) is 0 Å². The third-order valence-corrected chi connectivity index (χ3v) is 7.05. The van der Waals surface area contributed by atoms with E-state index in [2.05, 4.69) is 26.0 Å². The average Bonchev–Trinajstić information content (AvgIpc) is 2.57. The van der Waals surface area contributed by atoms with E-state index in [1.807, 2.05) is 0 Å². The highest BCUT2D eigenvalue weighted by molar-refractivity contribution is 6.38. The molecule has 0 heterocycles. The number of hydrogen-bond acceptors (Lipinski definition) is 1. The molecule has 68 valence electrons. The van der Waals surface area contributed by atoms with Gasteiger partial charge < -0.3 is 4.12 Å². The molecule has 0 N–H and O–H groups in total. The molecule has 0 saturated heterocycles. The Labute approximate surface area is 80.1 Å². The van der Waals surface area contributed by atoms with Gasteiger partial charge in [-0.3, -0.25) is 0 Å². The average molecular weight is 198 g/mol. The molecule has 0 amide bonds. The first-order valence-corrected chi connectivity index (χ1v) is 6.96. The van der Waals surface area contributed by atoms with Crippen LogP contribution in [0.1, 0.15) is 20.3 Å². The largest absolute Gasteiger partial charge is 0.468 e. The van der Waals surface area contributed by atoms with Crippen molar-refractivity contribution in [2.45, 2.75) is 25.3 Å². The highest BCUT2D eigenvalue weighted by Gasteiger charge is 2.50. The maximum atomic E-state index is 5.60. The Kier molecular flexibility index (Phi) is 2.05. The molecule has 2 aliphatic rings. The van der Waals surface area contributed by atoms with Gasteiger partial charge in [0, 0.05) is 0 Å². The summed E-state index contributed by atoms with van der Waals surface area (Å²) in [5.74, 6) is 2.62. The molecule has 1 nitrogen and oxygen atoms in total. The Morgan fingerprint density at radius 1 is 1.58 bits per heavy atom. The van der Waals surface area contributed by atoms with E-state index in [4.69, 9.17) is 4.12 Å². The van der Waals surface area contributed by atoms with E-state index >= 15 is 0 Å². The Morgan fingerprint density at radius 3 is 2.83 bits per heavy atom. The van der Waals surface area contributed by atoms with E-state index in [-0.39, 0.29) is 9.76 Å². The lowest BCUT2D eigenvalue weighted by Crippen LogP contribution is -2.30. The molecule has 12 heavy (non-hydrogen) atoms. The normalized spacial score (nSPS) is 51.7. The molecule has 0 aliphatic heterocycles. The minimum absolute atomic E-state index is 0.263. The van der Waals surface area contributed by atoms with Crippen LogP contribution in [0, 0.1) is 17.8 Å². The van der Waals surface area contributed by atoms with Crippen molar-refractivity contribution >= 4 is 20.2 Å². The Hall–Kier alpha value is 0.134. The molecule has 4 unspecified atom stereocenters. The zero-order valence-corrected chi connectivity index (χ0v) is 11.6. The van der Waals surface area contributed by atoms with E-state index in [0.29, 0.717) is 5.04 Å². The summed E-state index contributed by atoms with van der Waals surface area (Å²) in [6.45, 7) is 4.87. The highest BCUT2D eigenvalue weighted by atomic mass is 28.3. The Bertz CT molecular complexity index is 217. The van der Waals surface area contributed by atoms with Gasteiger partial charge in [-0.15, -0.1) is 0 Å². The van der Waals surface area contributed by atoms with Gasteiger partial charge in [-0.25, -0.2) is 0 Å². The third-order valence-electron chi connectivity index (χ3n) is 4.10. The van der Waals surface area contributed by atoms with E-state index in [1.165, 1.54) is 6.42 Å². The second kappa shape index (κ2) is 2.82. The van der Waals surface area contributed by atoms with Gasteiger partial charge in [-0.1, -0.05) is 26.0 Å². The van der Waals surface area contributed by atoms with Crippen molar-refractivity contribution in [2.75, 3.05) is 0 Å². The molecule has 2 rings (SSSR count). The van der Waals surface area contributed by atoms with Gasteiger partial charge in [0.25, 0.3) is 0 Å². The summed E-state index contributed by atoms with van der Waals surface area (Å²) in [7, 11) is 0.681. The number of fused-ring (bicyclic) bond motifs is 2. The van der Waals surface area contributed by atoms with Crippen LogP contribution in [0.4, 0.5) is 0 Å². The van der Waals surface area contributed by atoms with Crippen LogP contribution in [-0.4, -0.2) is 20.2 Å². The quantitative estimate of drug-likeness (QED) is 0.461. The van der Waals surface area contributed by atoms with E-state index in [0.717, 1.165) is 28.2 Å². The van der Waals surface area contributed by atoms with Crippen molar-refractivity contribution in [3.63, 3.8) is 0 Å². The summed E-state index contributed by atoms with van der Waals surface area (Å²) in [5, 5.41) is 0.584. The lowest BCUT2D eigenvalue weighted by molar-refractivity contribution is 0.358. The van der Waals surface area contributed by atoms with Gasteiger partial charge in [-0.2, -0.15) is 0 Å². The van der Waals surface area contributed by atoms with Crippen LogP contribution >= 0.6 is 0 Å². The molecule has 1 saturated carbocycles. The smallest absolute Gasteiger partial charge is 0.152 e. The molecular formula is C9H18OSi2. The molecule has 2 aliphatic carbocycles. The van der Waals surface area contributed by atoms with Crippen molar-refractivity contribution in [3.05, 3.63) is 12.2 Å². The van der Waals surface area contributed by atoms with Gasteiger partial charge in [0.15, 0.2) is 9.76 Å². The van der Waals surface area contributed by atoms with Crippen LogP contribution < -0.4 is 0 Å². The van der Waals surface area contributed by atoms with E-state index in [1.54, 1.807) is 0 Å². The van der Waals surface area contributed by atoms with Crippen LogP contribution in [0.2, 0.25) is 5.04 Å². The lowest BCUT2D eigenvalue weighted by atomic mass is 9.85. The van der Waals surface area contributed by atoms with Crippen molar-refractivity contribution in [3.8, 4) is 0 Å². The summed E-state index contributed by atoms with van der Waals surface area (Å²) in [6.07, 6.45) is 6.28. The number of hydrogen-bond donors (Lipinski definition) is 0. The van der Waals surface area contributed by atoms with Gasteiger partial charge in [0.2, 0.25) is 0 Å². The SMILES string of the molecule is CC1C2C=CC(C2)C1(C)[SiH2]O[SiH3]. The molecule has 0 aromatic heterocycles. The molecule has 3 heteroatoms. The fourth-order valence-corrected chi connectivity index (χ4v) is 6.53. The second-order valence-electron chi connectivity index (χ2n) is 4.62. The minimum Gasteiger partial charge on any atom is -0.468 e. The summed E-state index contributed by atoms with van der Waals surface area (Å²) in [6, 6.07) is 0. The molecule has 0 spiro atoms. The van der Waals surface area contributed by atoms with Crippen LogP contribution in [0.3, 0.4) is 0 Å². The maximum absolute atomic E-state index is 5.60. The zero-order valence-electron chi connectivity index (χ0n) is 8.21. The van der Waals surface area contributed by atoms with Crippen LogP contribution in [-0.2, 0) is 4.12 Å². The minimum atomic E-state index is -0.263. The first-order chi connectivity index (χ1) is 5.68. The second-order valence-corrected chi connectivity index (χ2v) is 8.74. The van der Waals surface area contributed by atoms with Gasteiger partial charge in [-0.05, 0) is 29.2 Å². The van der Waals surface area contributed by atoms with Crippen molar-refractivity contribution in [2.24, 2.45) is 17.8 Å². The predicted octanol–water partition coefficient (Wildman–Crippen LogP) is 0.388. The monoisotopic (exact) mass is 198 g/mol. The van der Waals surface area contributed by atoms with Crippen LogP contribution in [0.25, 0.3) is 0 Å². The first kappa shape index (κ1) is 8.72. The molecule has 1 fully saturated rings. The summed E-state index contributed by atoms with van der Waals surface area (Å²) >= 11 is 0. The van der Waals surface area contributed by atoms with E-state index in [9.17, 15) is 0 Å². The Morgan fingerprint density at radius 2 is 2.33 bits per heavy atom. The topological polar surface area (TPSA) is 9.23 Å². The Balaban J connectivity index is 2.21. The number of allylic oxidation sites excluding steroid dienone is 2. The molecule has 2 bridgehead atoms. The van der Waals surface area contributed by atoms with Gasteiger partial charge >= 0.3 is 0 Å². The standard InChI is InChI=1S/C9H18OSi2/c1-6-7-3-4-8(5-7)9(6,2)12-10-11/h3-4,6-8H,5,12H2,1-2,11H3. The summed E-state index contributed by atoms with van der Waals surface area (Å²) in [5.41, 5.74) is 0. The fourth-order valence-electron chi connectivity index (χ4n) is 2.96. The third kappa shape index (κ3) is 0.996. The first-order valence-electron chi connectivity index (χ1n) is 4.86. The van der Waals surface area contributed by atoms with Crippen LogP contribution in [0.5, 0.6) is 0 Å². The highest BCUT2D eigenvalue weighted by Crippen LogP contribution is 2.60. The molecule has 0 radical (unpaired) electrons. The van der Waals surface area contributed by atoms with Crippen molar-refractivity contribution < 1.29 is 4.12 Å². The van der Waals surface area contributed by atoms with Crippen molar-refractivity contribution in [1.82, 2.24) is 0 Å². The maximum Gasteiger partial charge on any atom is 0.152 e. The molecular weight excluding hydrogens is 180 g/mol. The predicted molar refractivity (Wildman–Crippen MR) is 57.8 cm³/mol.